The maximum absolute atomic E-state index is 5.70. The van der Waals surface area contributed by atoms with E-state index in [9.17, 15) is 0 Å². The molecule has 2 N–H and O–H groups in total. The van der Waals surface area contributed by atoms with Gasteiger partial charge in [0, 0.05) is 16.6 Å². The highest BCUT2D eigenvalue weighted by Crippen LogP contribution is 2.37. The number of aromatic nitrogens is 3. The van der Waals surface area contributed by atoms with Gasteiger partial charge in [-0.15, -0.1) is 0 Å². The lowest BCUT2D eigenvalue weighted by Gasteiger charge is -2.11. The van der Waals surface area contributed by atoms with Crippen LogP contribution in [-0.4, -0.2) is 28.2 Å². The van der Waals surface area contributed by atoms with Crippen LogP contribution in [0.25, 0.3) is 0 Å². The highest BCUT2D eigenvalue weighted by Gasteiger charge is 2.14. The maximum atomic E-state index is 5.70. The Hall–Kier alpha value is -1.54. The van der Waals surface area contributed by atoms with Crippen LogP contribution in [0.1, 0.15) is 12.0 Å². The monoisotopic (exact) mass is 368 g/mol. The van der Waals surface area contributed by atoms with Crippen molar-refractivity contribution in [3.05, 3.63) is 28.5 Å². The van der Waals surface area contributed by atoms with Crippen LogP contribution in [-0.2, 0) is 5.75 Å². The van der Waals surface area contributed by atoms with Crippen LogP contribution >= 0.6 is 27.7 Å². The van der Waals surface area contributed by atoms with Crippen molar-refractivity contribution >= 4 is 33.6 Å². The zero-order chi connectivity index (χ0) is 14.7. The molecule has 1 aromatic carbocycles. The molecule has 0 saturated carbocycles. The first-order valence-corrected chi connectivity index (χ1v) is 8.15. The summed E-state index contributed by atoms with van der Waals surface area (Å²) in [6.45, 7) is 1.35. The van der Waals surface area contributed by atoms with Gasteiger partial charge in [0.1, 0.15) is 6.33 Å². The molecule has 0 bridgehead atoms. The fourth-order valence-electron chi connectivity index (χ4n) is 1.84. The second-order valence-electron chi connectivity index (χ2n) is 4.36. The predicted molar refractivity (Wildman–Crippen MR) is 83.5 cm³/mol. The Balaban J connectivity index is 1.77. The van der Waals surface area contributed by atoms with Gasteiger partial charge >= 0.3 is 0 Å². The fraction of sp³-hybridized carbons (Fsp3) is 0.308. The first kappa shape index (κ1) is 14.4. The number of nitrogens with two attached hydrogens (primary N) is 1. The third-order valence-electron chi connectivity index (χ3n) is 2.84. The molecule has 1 aliphatic heterocycles. The molecule has 2 heterocycles. The van der Waals surface area contributed by atoms with Crippen LogP contribution in [0.15, 0.2) is 28.1 Å². The molecule has 1 aliphatic rings. The van der Waals surface area contributed by atoms with E-state index in [0.29, 0.717) is 24.1 Å². The molecule has 1 aromatic heterocycles. The quantitative estimate of drug-likeness (QED) is 0.833. The molecule has 0 fully saturated rings. The summed E-state index contributed by atoms with van der Waals surface area (Å²) in [7, 11) is 0. The van der Waals surface area contributed by atoms with E-state index in [-0.39, 0.29) is 5.95 Å². The van der Waals surface area contributed by atoms with Crippen molar-refractivity contribution in [3.63, 3.8) is 0 Å². The van der Waals surface area contributed by atoms with Crippen LogP contribution in [0, 0.1) is 0 Å². The third kappa shape index (κ3) is 3.56. The molecule has 0 atom stereocenters. The molecule has 6 nitrogen and oxygen atoms in total. The van der Waals surface area contributed by atoms with Crippen LogP contribution in [0.5, 0.6) is 11.5 Å². The van der Waals surface area contributed by atoms with Gasteiger partial charge in [0.2, 0.25) is 5.95 Å². The minimum atomic E-state index is 0.227. The van der Waals surface area contributed by atoms with Crippen molar-refractivity contribution < 1.29 is 9.47 Å². The van der Waals surface area contributed by atoms with E-state index in [4.69, 9.17) is 15.2 Å². The Morgan fingerprint density at radius 2 is 1.95 bits per heavy atom. The highest BCUT2D eigenvalue weighted by atomic mass is 79.9. The van der Waals surface area contributed by atoms with Crippen molar-refractivity contribution in [2.24, 2.45) is 0 Å². The number of halogens is 1. The average molecular weight is 369 g/mol. The van der Waals surface area contributed by atoms with Crippen molar-refractivity contribution in [2.75, 3.05) is 18.9 Å². The summed E-state index contributed by atoms with van der Waals surface area (Å²) >= 11 is 5.05. The van der Waals surface area contributed by atoms with Gasteiger partial charge in [-0.25, -0.2) is 9.97 Å². The minimum absolute atomic E-state index is 0.227. The predicted octanol–water partition coefficient (Wildman–Crippen LogP) is 2.67. The molecule has 0 aliphatic carbocycles. The number of hydrogen-bond acceptors (Lipinski definition) is 7. The maximum Gasteiger partial charge on any atom is 0.223 e. The first-order chi connectivity index (χ1) is 10.2. The molecule has 0 amide bonds. The zero-order valence-corrected chi connectivity index (χ0v) is 13.5. The summed E-state index contributed by atoms with van der Waals surface area (Å²) in [6, 6.07) is 3.93. The summed E-state index contributed by atoms with van der Waals surface area (Å²) in [4.78, 5) is 11.9. The summed E-state index contributed by atoms with van der Waals surface area (Å²) < 4.78 is 12.3. The van der Waals surface area contributed by atoms with Gasteiger partial charge in [-0.3, -0.25) is 0 Å². The number of benzene rings is 1. The lowest BCUT2D eigenvalue weighted by atomic mass is 10.2. The van der Waals surface area contributed by atoms with Gasteiger partial charge in [-0.1, -0.05) is 27.7 Å². The number of nitrogen functional groups attached to an aromatic ring is 1. The molecule has 0 saturated heterocycles. The third-order valence-corrected chi connectivity index (χ3v) is 4.49. The summed E-state index contributed by atoms with van der Waals surface area (Å²) in [5.41, 5.74) is 6.63. The van der Waals surface area contributed by atoms with Crippen molar-refractivity contribution in [2.45, 2.75) is 17.3 Å². The van der Waals surface area contributed by atoms with Gasteiger partial charge < -0.3 is 15.2 Å². The van der Waals surface area contributed by atoms with E-state index < -0.39 is 0 Å². The van der Waals surface area contributed by atoms with Gasteiger partial charge in [0.15, 0.2) is 16.7 Å². The van der Waals surface area contributed by atoms with E-state index in [0.717, 1.165) is 28.0 Å². The molecular weight excluding hydrogens is 356 g/mol. The van der Waals surface area contributed by atoms with E-state index in [1.54, 1.807) is 0 Å². The lowest BCUT2D eigenvalue weighted by Crippen LogP contribution is -1.98. The number of rotatable bonds is 3. The number of fused-ring (bicyclic) bond motifs is 1. The van der Waals surface area contributed by atoms with Gasteiger partial charge in [-0.05, 0) is 17.7 Å². The Morgan fingerprint density at radius 1 is 1.19 bits per heavy atom. The first-order valence-electron chi connectivity index (χ1n) is 6.38. The molecule has 110 valence electrons. The molecular formula is C13H13BrN4O2S. The second-order valence-corrected chi connectivity index (χ2v) is 6.15. The van der Waals surface area contributed by atoms with E-state index in [1.807, 2.05) is 12.1 Å². The largest absolute Gasteiger partial charge is 0.490 e. The number of ether oxygens (including phenoxy) is 2. The highest BCUT2D eigenvalue weighted by molar-refractivity contribution is 9.10. The van der Waals surface area contributed by atoms with Crippen LogP contribution in [0.2, 0.25) is 0 Å². The fourth-order valence-corrected chi connectivity index (χ4v) is 3.29. The number of hydrogen-bond donors (Lipinski definition) is 1. The Morgan fingerprint density at radius 3 is 2.71 bits per heavy atom. The Kier molecular flexibility index (Phi) is 4.45. The summed E-state index contributed by atoms with van der Waals surface area (Å²) in [6.07, 6.45) is 2.30. The number of thioether (sulfide) groups is 1. The standard InChI is InChI=1S/C13H13BrN4O2S/c14-9-5-11-10(19-2-1-3-20-11)4-8(9)6-21-13-17-7-16-12(15)18-13/h4-5,7H,1-3,6H2,(H2,15,16,17,18). The van der Waals surface area contributed by atoms with Gasteiger partial charge in [0.05, 0.1) is 13.2 Å². The number of anilines is 1. The molecule has 8 heteroatoms. The zero-order valence-electron chi connectivity index (χ0n) is 11.1. The average Bonchev–Trinajstić information content (AvgIpc) is 2.69. The Bertz CT molecular complexity index is 656. The Labute approximate surface area is 134 Å². The van der Waals surface area contributed by atoms with Crippen molar-refractivity contribution in [1.82, 2.24) is 15.0 Å². The summed E-state index contributed by atoms with van der Waals surface area (Å²) in [5.74, 6) is 2.48. The normalized spacial score (nSPS) is 13.8. The van der Waals surface area contributed by atoms with Gasteiger partial charge in [-0.2, -0.15) is 4.98 Å². The van der Waals surface area contributed by atoms with Gasteiger partial charge in [0.25, 0.3) is 0 Å². The smallest absolute Gasteiger partial charge is 0.223 e. The molecule has 2 aromatic rings. The van der Waals surface area contributed by atoms with Crippen molar-refractivity contribution in [1.29, 1.82) is 0 Å². The van der Waals surface area contributed by atoms with Crippen LogP contribution < -0.4 is 15.2 Å². The van der Waals surface area contributed by atoms with Crippen LogP contribution in [0.4, 0.5) is 5.95 Å². The molecule has 0 spiro atoms. The molecule has 21 heavy (non-hydrogen) atoms. The van der Waals surface area contributed by atoms with Crippen LogP contribution in [0.3, 0.4) is 0 Å². The lowest BCUT2D eigenvalue weighted by molar-refractivity contribution is 0.297. The molecule has 0 unspecified atom stereocenters. The number of nitrogens with zero attached hydrogens (tertiary/aromatic N) is 3. The molecule has 3 rings (SSSR count). The van der Waals surface area contributed by atoms with E-state index in [1.165, 1.54) is 18.1 Å². The summed E-state index contributed by atoms with van der Waals surface area (Å²) in [5, 5.41) is 0.599. The topological polar surface area (TPSA) is 83.2 Å². The SMILES string of the molecule is Nc1ncnc(SCc2cc3c(cc2Br)OCCCO3)n1. The van der Waals surface area contributed by atoms with E-state index >= 15 is 0 Å². The second kappa shape index (κ2) is 6.48. The van der Waals surface area contributed by atoms with E-state index in [2.05, 4.69) is 30.9 Å². The van der Waals surface area contributed by atoms with Crippen molar-refractivity contribution in [3.8, 4) is 11.5 Å². The molecule has 0 radical (unpaired) electrons. The minimum Gasteiger partial charge on any atom is -0.490 e.